The SMILES string of the molecule is C=CCCC(C)(C)Cc1c(-c2cccnc2C(C)OC)n(CC)c2ccc(-c3csc(CC(CCCCC(C)NNC=C)SC(=C)C(C(C)C)N4CCC5(CC4)CN(C(=C)C(=C)F)C5)n3)cc12.CNC=O. The van der Waals surface area contributed by atoms with E-state index < -0.39 is 5.83 Å². The van der Waals surface area contributed by atoms with E-state index in [-0.39, 0.29) is 23.0 Å². The summed E-state index contributed by atoms with van der Waals surface area (Å²) < 4.78 is 22.2. The van der Waals surface area contributed by atoms with Gasteiger partial charge in [-0.05, 0) is 125 Å². The lowest BCUT2D eigenvalue weighted by atomic mass is 9.71. The monoisotopic (exact) mass is 1010 g/mol. The molecule has 1 aromatic carbocycles. The number of carbonyl (C=O) groups is 1. The molecule has 3 N–H and O–H groups in total. The number of piperidine rings is 1. The van der Waals surface area contributed by atoms with Gasteiger partial charge in [-0.3, -0.25) is 14.7 Å². The van der Waals surface area contributed by atoms with E-state index in [2.05, 4.69) is 141 Å². The molecule has 1 spiro atoms. The fourth-order valence-electron chi connectivity index (χ4n) is 10.5. The lowest BCUT2D eigenvalue weighted by molar-refractivity contribution is -0.109. The molecule has 3 aromatic heterocycles. The highest BCUT2D eigenvalue weighted by Crippen LogP contribution is 2.46. The van der Waals surface area contributed by atoms with Crippen molar-refractivity contribution in [2.45, 2.75) is 143 Å². The number of unbranched alkanes of at least 4 members (excludes halogenated alkanes) is 1. The predicted molar refractivity (Wildman–Crippen MR) is 301 cm³/mol. The minimum absolute atomic E-state index is 0.0506. The second kappa shape index (κ2) is 27.0. The van der Waals surface area contributed by atoms with Crippen LogP contribution >= 0.6 is 23.1 Å². The number of allylic oxidation sites excluding steroid dienone is 2. The highest BCUT2D eigenvalue weighted by atomic mass is 32.2. The topological polar surface area (TPSA) is 99.6 Å². The van der Waals surface area contributed by atoms with Crippen LogP contribution in [-0.4, -0.2) is 88.4 Å². The van der Waals surface area contributed by atoms with E-state index >= 15 is 0 Å². The summed E-state index contributed by atoms with van der Waals surface area (Å²) >= 11 is 3.78. The summed E-state index contributed by atoms with van der Waals surface area (Å²) in [6, 6.07) is 11.9. The maximum absolute atomic E-state index is 13.8. The molecule has 0 radical (unpaired) electrons. The van der Waals surface area contributed by atoms with Crippen LogP contribution in [-0.2, 0) is 28.9 Å². The molecule has 5 heterocycles. The number of nitrogens with zero attached hydrogens (tertiary/aromatic N) is 5. The summed E-state index contributed by atoms with van der Waals surface area (Å²) in [5.74, 6) is 0.0113. The summed E-state index contributed by atoms with van der Waals surface area (Å²) in [5.41, 5.74) is 15.2. The first-order valence-corrected chi connectivity index (χ1v) is 27.5. The fourth-order valence-corrected chi connectivity index (χ4v) is 13.0. The van der Waals surface area contributed by atoms with Gasteiger partial charge >= 0.3 is 0 Å². The van der Waals surface area contributed by atoms with Crippen LogP contribution in [0.3, 0.4) is 0 Å². The number of aromatic nitrogens is 3. The lowest BCUT2D eigenvalue weighted by Gasteiger charge is -2.56. The molecule has 2 aliphatic heterocycles. The smallest absolute Gasteiger partial charge is 0.206 e. The number of thiazole rings is 1. The molecule has 4 unspecified atom stereocenters. The van der Waals surface area contributed by atoms with Crippen LogP contribution in [0.25, 0.3) is 33.4 Å². The molecule has 0 aliphatic carbocycles. The van der Waals surface area contributed by atoms with Gasteiger partial charge in [0.2, 0.25) is 6.41 Å². The number of hydrogen-bond donors (Lipinski definition) is 3. The number of benzene rings is 1. The summed E-state index contributed by atoms with van der Waals surface area (Å²) in [7, 11) is 3.32. The number of fused-ring (bicyclic) bond motifs is 1. The first-order valence-electron chi connectivity index (χ1n) is 25.8. The molecule has 13 heteroatoms. The normalized spacial score (nSPS) is 16.4. The Morgan fingerprint density at radius 2 is 1.77 bits per heavy atom. The van der Waals surface area contributed by atoms with Crippen molar-refractivity contribution in [3.05, 3.63) is 120 Å². The van der Waals surface area contributed by atoms with E-state index in [4.69, 9.17) is 26.1 Å². The Labute approximate surface area is 434 Å². The van der Waals surface area contributed by atoms with E-state index in [9.17, 15) is 4.39 Å². The second-order valence-corrected chi connectivity index (χ2v) is 23.2. The van der Waals surface area contributed by atoms with Gasteiger partial charge in [-0.25, -0.2) is 14.8 Å². The van der Waals surface area contributed by atoms with E-state index in [0.717, 1.165) is 119 Å². The summed E-state index contributed by atoms with van der Waals surface area (Å²) in [4.78, 5) is 25.3. The fraction of sp³-hybridized carbons (Fsp3) is 0.534. The average molecular weight is 1010 g/mol. The van der Waals surface area contributed by atoms with Gasteiger partial charge in [0, 0.05) is 103 Å². The van der Waals surface area contributed by atoms with Gasteiger partial charge < -0.3 is 24.9 Å². The lowest BCUT2D eigenvalue weighted by Crippen LogP contribution is -2.60. The Hall–Kier alpha value is -4.53. The molecule has 388 valence electrons. The number of thioether (sulfide) groups is 1. The third-order valence-electron chi connectivity index (χ3n) is 14.5. The molecule has 0 saturated carbocycles. The van der Waals surface area contributed by atoms with Crippen molar-refractivity contribution in [2.24, 2.45) is 16.7 Å². The van der Waals surface area contributed by atoms with Crippen molar-refractivity contribution < 1.29 is 13.9 Å². The van der Waals surface area contributed by atoms with Crippen LogP contribution in [0.1, 0.15) is 122 Å². The van der Waals surface area contributed by atoms with Crippen molar-refractivity contribution in [2.75, 3.05) is 40.3 Å². The van der Waals surface area contributed by atoms with Crippen LogP contribution in [0.2, 0.25) is 0 Å². The van der Waals surface area contributed by atoms with Gasteiger partial charge in [-0.2, -0.15) is 0 Å². The minimum atomic E-state index is -0.421. The zero-order chi connectivity index (χ0) is 51.9. The van der Waals surface area contributed by atoms with E-state index in [1.807, 2.05) is 24.0 Å². The zero-order valence-electron chi connectivity index (χ0n) is 44.5. The number of hydrogen-bond acceptors (Lipinski definition) is 10. The van der Waals surface area contributed by atoms with E-state index in [1.54, 1.807) is 31.7 Å². The van der Waals surface area contributed by atoms with Crippen molar-refractivity contribution in [1.29, 1.82) is 0 Å². The van der Waals surface area contributed by atoms with Gasteiger partial charge in [0.1, 0.15) is 5.83 Å². The number of pyridine rings is 1. The number of carbonyl (C=O) groups excluding carboxylic acids is 1. The largest absolute Gasteiger partial charge is 0.375 e. The zero-order valence-corrected chi connectivity index (χ0v) is 46.2. The number of ether oxygens (including phenoxy) is 1. The Morgan fingerprint density at radius 1 is 1.07 bits per heavy atom. The van der Waals surface area contributed by atoms with Gasteiger partial charge in [-0.1, -0.05) is 79.0 Å². The molecule has 2 aliphatic rings. The number of aryl methyl sites for hydroxylation is 1. The highest BCUT2D eigenvalue weighted by molar-refractivity contribution is 8.03. The van der Waals surface area contributed by atoms with Gasteiger partial charge in [0.25, 0.3) is 0 Å². The third-order valence-corrected chi connectivity index (χ3v) is 16.6. The van der Waals surface area contributed by atoms with Crippen molar-refractivity contribution in [3.8, 4) is 22.5 Å². The van der Waals surface area contributed by atoms with Gasteiger partial charge in [0.15, 0.2) is 0 Å². The average Bonchev–Trinajstić information content (AvgIpc) is 3.94. The maximum atomic E-state index is 13.8. The van der Waals surface area contributed by atoms with Gasteiger partial charge in [-0.15, -0.1) is 29.7 Å². The van der Waals surface area contributed by atoms with Crippen LogP contribution in [0.15, 0.2) is 104 Å². The maximum Gasteiger partial charge on any atom is 0.206 e. The Balaban J connectivity index is 0.00000226. The number of methoxy groups -OCH3 is 1. The number of halogens is 1. The number of rotatable bonds is 28. The van der Waals surface area contributed by atoms with Crippen molar-refractivity contribution >= 4 is 40.4 Å². The van der Waals surface area contributed by atoms with Crippen molar-refractivity contribution in [3.63, 3.8) is 0 Å². The van der Waals surface area contributed by atoms with E-state index in [1.165, 1.54) is 32.1 Å². The standard InChI is InChI=1S/C56H80FN7OS2.C2H5NO/c1-14-17-26-55(11,12)34-48-47-32-44(24-25-50(47)64(16-3)54(48)46-23-20-29-58-52(46)42(9)65-13)49-35-66-51(60-49)33-45(22-19-18-21-39(6)61-59-15-2)67-43(10)53(38(4)5)62-30-27-56(28-31-62)36-63(37-56)41(8)40(7)57;1-3-2-4/h14-15,20,23-25,29,32,35,38-39,42,45,53,59,61H,1-2,7-8,10,16-19,21-22,26-28,30-31,33-34,36-37H2,3-6,9,11-13H3;2H,1H3,(H,3,4). The molecule has 4 atom stereocenters. The Kier molecular flexibility index (Phi) is 21.8. The van der Waals surface area contributed by atoms with Crippen LogP contribution in [0.5, 0.6) is 0 Å². The molecule has 71 heavy (non-hydrogen) atoms. The van der Waals surface area contributed by atoms with Gasteiger partial charge in [0.05, 0.1) is 33.9 Å². The van der Waals surface area contributed by atoms with Crippen LogP contribution in [0, 0.1) is 16.7 Å². The molecule has 0 bridgehead atoms. The number of hydrazine groups is 1. The summed E-state index contributed by atoms with van der Waals surface area (Å²) in [5, 5.41) is 7.32. The third kappa shape index (κ3) is 15.0. The summed E-state index contributed by atoms with van der Waals surface area (Å²) in [6.07, 6.45) is 16.6. The molecular formula is C58H85FN8O2S2. The molecular weight excluding hydrogens is 924 g/mol. The second-order valence-electron chi connectivity index (χ2n) is 20.8. The molecule has 4 aromatic rings. The predicted octanol–water partition coefficient (Wildman–Crippen LogP) is 13.2. The first kappa shape index (κ1) is 57.4. The Morgan fingerprint density at radius 3 is 2.39 bits per heavy atom. The first-order chi connectivity index (χ1) is 33.9. The molecule has 1 amide bonds. The molecule has 6 rings (SSSR count). The summed E-state index contributed by atoms with van der Waals surface area (Å²) in [6.45, 7) is 40.7. The van der Waals surface area contributed by atoms with E-state index in [0.29, 0.717) is 29.3 Å². The quantitative estimate of drug-likeness (QED) is 0.0169. The number of amides is 1. The minimum Gasteiger partial charge on any atom is -0.375 e. The molecule has 10 nitrogen and oxygen atoms in total. The van der Waals surface area contributed by atoms with Crippen LogP contribution < -0.4 is 16.2 Å². The van der Waals surface area contributed by atoms with Crippen LogP contribution in [0.4, 0.5) is 4.39 Å². The Bertz CT molecular complexity index is 2410. The molecule has 2 saturated heterocycles. The number of likely N-dealkylation sites (tertiary alicyclic amines) is 2. The number of nitrogens with one attached hydrogen (secondary N) is 3. The van der Waals surface area contributed by atoms with Crippen molar-refractivity contribution in [1.82, 2.24) is 40.5 Å². The highest BCUT2D eigenvalue weighted by Gasteiger charge is 2.47. The molecule has 2 fully saturated rings.